The third kappa shape index (κ3) is 1.79. The predicted molar refractivity (Wildman–Crippen MR) is 67.4 cm³/mol. The van der Waals surface area contributed by atoms with Crippen molar-refractivity contribution in [3.8, 4) is 0 Å². The van der Waals surface area contributed by atoms with E-state index in [0.29, 0.717) is 5.91 Å². The Morgan fingerprint density at radius 3 is 2.24 bits per heavy atom. The van der Waals surface area contributed by atoms with E-state index < -0.39 is 0 Å². The summed E-state index contributed by atoms with van der Waals surface area (Å²) in [5.41, 5.74) is 6.24. The molecule has 0 spiro atoms. The largest absolute Gasteiger partial charge is 0.342 e. The van der Waals surface area contributed by atoms with E-state index in [4.69, 9.17) is 5.73 Å². The number of hydrogen-bond acceptors (Lipinski definition) is 2. The number of nitrogens with zero attached hydrogens (tertiary/aromatic N) is 1. The second-order valence-electron chi connectivity index (χ2n) is 6.79. The SMILES string of the molecule is CC1CCN(C(=O)C23CCC(N)(CC2)C3)CC1. The Balaban J connectivity index is 1.71. The molecule has 1 aliphatic heterocycles. The summed E-state index contributed by atoms with van der Waals surface area (Å²) in [6.45, 7) is 4.23. The van der Waals surface area contributed by atoms with Gasteiger partial charge in [-0.3, -0.25) is 4.79 Å². The minimum atomic E-state index is -0.0602. The van der Waals surface area contributed by atoms with Crippen LogP contribution in [-0.2, 0) is 4.79 Å². The topological polar surface area (TPSA) is 46.3 Å². The Hall–Kier alpha value is -0.570. The average molecular weight is 236 g/mol. The fourth-order valence-corrected chi connectivity index (χ4v) is 4.09. The number of amides is 1. The monoisotopic (exact) mass is 236 g/mol. The van der Waals surface area contributed by atoms with Crippen LogP contribution in [0.5, 0.6) is 0 Å². The molecule has 3 nitrogen and oxygen atoms in total. The molecule has 2 N–H and O–H groups in total. The summed E-state index contributed by atoms with van der Waals surface area (Å²) >= 11 is 0. The zero-order valence-electron chi connectivity index (χ0n) is 10.9. The van der Waals surface area contributed by atoms with Crippen molar-refractivity contribution in [2.45, 2.75) is 57.4 Å². The Labute approximate surface area is 104 Å². The fourth-order valence-electron chi connectivity index (χ4n) is 4.09. The average Bonchev–Trinajstić information content (AvgIpc) is 2.84. The van der Waals surface area contributed by atoms with Gasteiger partial charge >= 0.3 is 0 Å². The predicted octanol–water partition coefficient (Wildman–Crippen LogP) is 1.91. The maximum atomic E-state index is 12.7. The first-order chi connectivity index (χ1) is 8.03. The number of carbonyl (C=O) groups excluding carboxylic acids is 1. The third-order valence-electron chi connectivity index (χ3n) is 5.42. The van der Waals surface area contributed by atoms with Crippen molar-refractivity contribution in [1.82, 2.24) is 4.90 Å². The van der Waals surface area contributed by atoms with E-state index in [1.807, 2.05) is 0 Å². The summed E-state index contributed by atoms with van der Waals surface area (Å²) in [6, 6.07) is 0. The quantitative estimate of drug-likeness (QED) is 0.756. The van der Waals surface area contributed by atoms with E-state index in [-0.39, 0.29) is 11.0 Å². The lowest BCUT2D eigenvalue weighted by Crippen LogP contribution is -2.45. The smallest absolute Gasteiger partial charge is 0.228 e. The van der Waals surface area contributed by atoms with Gasteiger partial charge in [-0.25, -0.2) is 0 Å². The minimum Gasteiger partial charge on any atom is -0.342 e. The van der Waals surface area contributed by atoms with Crippen LogP contribution >= 0.6 is 0 Å². The van der Waals surface area contributed by atoms with Crippen molar-refractivity contribution in [2.24, 2.45) is 17.1 Å². The molecule has 3 aliphatic rings. The first-order valence-corrected chi connectivity index (χ1v) is 7.11. The van der Waals surface area contributed by atoms with Gasteiger partial charge in [0, 0.05) is 18.6 Å². The van der Waals surface area contributed by atoms with Gasteiger partial charge in [0.05, 0.1) is 5.41 Å². The summed E-state index contributed by atoms with van der Waals surface area (Å²) in [7, 11) is 0. The molecular weight excluding hydrogens is 212 g/mol. The van der Waals surface area contributed by atoms with Crippen molar-refractivity contribution < 1.29 is 4.79 Å². The van der Waals surface area contributed by atoms with Gasteiger partial charge < -0.3 is 10.6 Å². The van der Waals surface area contributed by atoms with Crippen molar-refractivity contribution in [3.63, 3.8) is 0 Å². The lowest BCUT2D eigenvalue weighted by molar-refractivity contribution is -0.143. The molecule has 0 atom stereocenters. The molecule has 2 saturated carbocycles. The molecule has 3 fully saturated rings. The first kappa shape index (κ1) is 11.5. The highest BCUT2D eigenvalue weighted by molar-refractivity contribution is 5.84. The summed E-state index contributed by atoms with van der Waals surface area (Å²) in [6.07, 6.45) is 7.49. The highest BCUT2D eigenvalue weighted by Gasteiger charge is 2.57. The number of hydrogen-bond donors (Lipinski definition) is 1. The molecule has 3 heteroatoms. The highest BCUT2D eigenvalue weighted by atomic mass is 16.2. The third-order valence-corrected chi connectivity index (χ3v) is 5.42. The molecule has 1 saturated heterocycles. The highest BCUT2D eigenvalue weighted by Crippen LogP contribution is 2.56. The second kappa shape index (κ2) is 3.71. The standard InChI is InChI=1S/C14H24N2O/c1-11-2-8-16(9-3-11)12(17)13-4-6-14(15,10-13)7-5-13/h11H,2-10,15H2,1H3. The Kier molecular flexibility index (Phi) is 2.51. The zero-order chi connectivity index (χ0) is 12.1. The van der Waals surface area contributed by atoms with Crippen LogP contribution in [-0.4, -0.2) is 29.4 Å². The maximum absolute atomic E-state index is 12.7. The van der Waals surface area contributed by atoms with Crippen molar-refractivity contribution in [3.05, 3.63) is 0 Å². The van der Waals surface area contributed by atoms with Crippen molar-refractivity contribution in [2.75, 3.05) is 13.1 Å². The van der Waals surface area contributed by atoms with Gasteiger partial charge in [0.15, 0.2) is 0 Å². The lowest BCUT2D eigenvalue weighted by atomic mass is 9.82. The molecule has 0 aromatic carbocycles. The van der Waals surface area contributed by atoms with Crippen LogP contribution in [0.3, 0.4) is 0 Å². The fraction of sp³-hybridized carbons (Fsp3) is 0.929. The maximum Gasteiger partial charge on any atom is 0.228 e. The van der Waals surface area contributed by atoms with Crippen LogP contribution < -0.4 is 5.73 Å². The molecule has 2 bridgehead atoms. The number of piperidine rings is 1. The number of fused-ring (bicyclic) bond motifs is 2. The Bertz CT molecular complexity index is 323. The van der Waals surface area contributed by atoms with Gasteiger partial charge in [0.2, 0.25) is 5.91 Å². The summed E-state index contributed by atoms with van der Waals surface area (Å²) < 4.78 is 0. The van der Waals surface area contributed by atoms with E-state index in [2.05, 4.69) is 11.8 Å². The summed E-state index contributed by atoms with van der Waals surface area (Å²) in [5.74, 6) is 1.21. The van der Waals surface area contributed by atoms with E-state index >= 15 is 0 Å². The van der Waals surface area contributed by atoms with Crippen LogP contribution in [0.25, 0.3) is 0 Å². The molecule has 0 unspecified atom stereocenters. The van der Waals surface area contributed by atoms with E-state index in [1.54, 1.807) is 0 Å². The number of carbonyl (C=O) groups is 1. The molecule has 0 radical (unpaired) electrons. The second-order valence-corrected chi connectivity index (χ2v) is 6.79. The van der Waals surface area contributed by atoms with Gasteiger partial charge in [-0.05, 0) is 50.9 Å². The van der Waals surface area contributed by atoms with Crippen molar-refractivity contribution in [1.29, 1.82) is 0 Å². The first-order valence-electron chi connectivity index (χ1n) is 7.11. The Morgan fingerprint density at radius 1 is 1.18 bits per heavy atom. The Morgan fingerprint density at radius 2 is 1.76 bits per heavy atom. The lowest BCUT2D eigenvalue weighted by Gasteiger charge is -2.36. The van der Waals surface area contributed by atoms with Crippen LogP contribution in [0.1, 0.15) is 51.9 Å². The van der Waals surface area contributed by atoms with Gasteiger partial charge in [-0.2, -0.15) is 0 Å². The van der Waals surface area contributed by atoms with Crippen molar-refractivity contribution >= 4 is 5.91 Å². The normalized spacial score (nSPS) is 42.1. The van der Waals surface area contributed by atoms with E-state index in [1.165, 1.54) is 12.8 Å². The van der Waals surface area contributed by atoms with Crippen LogP contribution in [0.4, 0.5) is 0 Å². The number of rotatable bonds is 1. The van der Waals surface area contributed by atoms with Crippen LogP contribution in [0.2, 0.25) is 0 Å². The molecule has 2 aliphatic carbocycles. The molecule has 3 rings (SSSR count). The molecule has 0 aromatic rings. The van der Waals surface area contributed by atoms with E-state index in [9.17, 15) is 4.79 Å². The number of likely N-dealkylation sites (tertiary alicyclic amines) is 1. The summed E-state index contributed by atoms with van der Waals surface area (Å²) in [5, 5.41) is 0. The summed E-state index contributed by atoms with van der Waals surface area (Å²) in [4.78, 5) is 14.8. The molecule has 1 amide bonds. The van der Waals surface area contributed by atoms with Crippen LogP contribution in [0, 0.1) is 11.3 Å². The molecule has 96 valence electrons. The molecule has 1 heterocycles. The zero-order valence-corrected chi connectivity index (χ0v) is 10.9. The number of nitrogens with two attached hydrogens (primary N) is 1. The molecule has 0 aromatic heterocycles. The molecule has 17 heavy (non-hydrogen) atoms. The van der Waals surface area contributed by atoms with Crippen LogP contribution in [0.15, 0.2) is 0 Å². The van der Waals surface area contributed by atoms with Gasteiger partial charge in [0.1, 0.15) is 0 Å². The van der Waals surface area contributed by atoms with Gasteiger partial charge in [0.25, 0.3) is 0 Å². The molecular formula is C14H24N2O. The van der Waals surface area contributed by atoms with Gasteiger partial charge in [-0.15, -0.1) is 0 Å². The van der Waals surface area contributed by atoms with Gasteiger partial charge in [-0.1, -0.05) is 6.92 Å². The minimum absolute atomic E-state index is 0.00125. The van der Waals surface area contributed by atoms with E-state index in [0.717, 1.165) is 51.1 Å².